The average molecular weight is 879 g/mol. The van der Waals surface area contributed by atoms with Crippen molar-refractivity contribution >= 4 is 44.9 Å². The summed E-state index contributed by atoms with van der Waals surface area (Å²) in [5.74, 6) is 1.22. The van der Waals surface area contributed by atoms with Crippen LogP contribution in [0.4, 0.5) is 22.7 Å². The molecule has 0 N–H and O–H groups in total. The second-order valence-corrected chi connectivity index (χ2v) is 16.6. The summed E-state index contributed by atoms with van der Waals surface area (Å²) in [5, 5.41) is 0. The lowest BCUT2D eigenvalue weighted by atomic mass is 9.97. The van der Waals surface area contributed by atoms with Crippen molar-refractivity contribution in [1.82, 2.24) is 9.97 Å². The average Bonchev–Trinajstić information content (AvgIpc) is 4.05. The van der Waals surface area contributed by atoms with Crippen molar-refractivity contribution in [1.29, 1.82) is 0 Å². The maximum absolute atomic E-state index is 6.06. The van der Waals surface area contributed by atoms with Gasteiger partial charge in [0.05, 0.1) is 0 Å². The van der Waals surface area contributed by atoms with Crippen LogP contribution in [-0.2, 0) is 0 Å². The first-order valence-corrected chi connectivity index (χ1v) is 22.8. The van der Waals surface area contributed by atoms with Crippen molar-refractivity contribution < 1.29 is 8.83 Å². The zero-order chi connectivity index (χ0) is 45.8. The van der Waals surface area contributed by atoms with Crippen molar-refractivity contribution in [2.75, 3.05) is 9.80 Å². The summed E-state index contributed by atoms with van der Waals surface area (Å²) in [7, 11) is 0. The lowest BCUT2D eigenvalue weighted by Crippen LogP contribution is -2.16. The highest BCUT2D eigenvalue weighted by atomic mass is 16.4. The Bertz CT molecular complexity index is 3440. The molecule has 68 heavy (non-hydrogen) atoms. The molecule has 6 heteroatoms. The van der Waals surface area contributed by atoms with Gasteiger partial charge in [-0.15, -0.1) is 0 Å². The van der Waals surface area contributed by atoms with Gasteiger partial charge in [0.25, 0.3) is 0 Å². The fraction of sp³-hybridized carbons (Fsp3) is 0.0323. The summed E-state index contributed by atoms with van der Waals surface area (Å²) in [5.41, 5.74) is 18.2. The molecular weight excluding hydrogens is 833 g/mol. The van der Waals surface area contributed by atoms with Gasteiger partial charge in [-0.3, -0.25) is 0 Å². The molecule has 1 aliphatic rings. The number of allylic oxidation sites excluding steroid dienone is 6. The number of oxazole rings is 2. The molecule has 2 aromatic heterocycles. The van der Waals surface area contributed by atoms with E-state index in [0.717, 1.165) is 103 Å². The van der Waals surface area contributed by atoms with Crippen LogP contribution in [0.3, 0.4) is 0 Å². The summed E-state index contributed by atoms with van der Waals surface area (Å²) >= 11 is 0. The molecule has 0 saturated heterocycles. The second-order valence-electron chi connectivity index (χ2n) is 16.6. The van der Waals surface area contributed by atoms with Crippen LogP contribution in [0.1, 0.15) is 12.8 Å². The Kier molecular flexibility index (Phi) is 11.3. The molecule has 2 heterocycles. The maximum atomic E-state index is 6.06. The Morgan fingerprint density at radius 3 is 1.19 bits per heavy atom. The van der Waals surface area contributed by atoms with E-state index in [4.69, 9.17) is 13.8 Å². The van der Waals surface area contributed by atoms with Crippen molar-refractivity contribution in [3.63, 3.8) is 0 Å². The standard InChI is InChI=1S/C62H46N4O2/c1-3-12-51(4-2)65(54-39-31-49(32-40-54)61-63-57-15-8-10-17-59(57)67-61)53-35-27-47(28-36-53)45-23-19-43(20-24-45)44-21-25-46(26-22-44)48-29-37-55(38-30-48)66(52-13-6-5-7-14-52)56-41-33-50(34-42-56)62-64-58-16-9-11-18-60(58)68-62/h3-4,6,8-42H,1-2,5,7H2/b51-12+. The van der Waals surface area contributed by atoms with Gasteiger partial charge in [0.15, 0.2) is 11.2 Å². The summed E-state index contributed by atoms with van der Waals surface area (Å²) < 4.78 is 12.1. The van der Waals surface area contributed by atoms with Crippen LogP contribution in [0.2, 0.25) is 0 Å². The second kappa shape index (κ2) is 18.5. The SMILES string of the molecule is C=C/C=C(\C=C)N(c1ccc(-c2ccc(-c3ccc(-c4ccc(N(C5=CCCC=C5)c5ccc(-c6nc7ccccc7o6)cc5)cc4)cc3)cc2)cc1)c1ccc(-c2nc3ccccc3o2)cc1. The molecule has 0 saturated carbocycles. The number of aromatic nitrogens is 2. The van der Waals surface area contributed by atoms with E-state index in [2.05, 4.69) is 180 Å². The first kappa shape index (κ1) is 41.7. The Hall–Kier alpha value is -9.00. The number of hydrogen-bond donors (Lipinski definition) is 0. The number of rotatable bonds is 13. The number of benzene rings is 8. The first-order chi connectivity index (χ1) is 33.6. The van der Waals surface area contributed by atoms with E-state index in [0.29, 0.717) is 11.8 Å². The molecule has 8 aromatic carbocycles. The Morgan fingerprint density at radius 1 is 0.441 bits per heavy atom. The highest BCUT2D eigenvalue weighted by Gasteiger charge is 2.18. The van der Waals surface area contributed by atoms with E-state index in [-0.39, 0.29) is 0 Å². The summed E-state index contributed by atoms with van der Waals surface area (Å²) in [6.07, 6.45) is 14.4. The van der Waals surface area contributed by atoms with Gasteiger partial charge in [-0.25, -0.2) is 9.97 Å². The minimum atomic E-state index is 0.593. The van der Waals surface area contributed by atoms with E-state index in [9.17, 15) is 0 Å². The highest BCUT2D eigenvalue weighted by Crippen LogP contribution is 2.38. The summed E-state index contributed by atoms with van der Waals surface area (Å²) in [6, 6.07) is 67.4. The van der Waals surface area contributed by atoms with Gasteiger partial charge in [-0.05, 0) is 162 Å². The molecule has 1 aliphatic carbocycles. The van der Waals surface area contributed by atoms with E-state index >= 15 is 0 Å². The molecule has 0 aliphatic heterocycles. The predicted molar refractivity (Wildman–Crippen MR) is 281 cm³/mol. The Morgan fingerprint density at radius 2 is 0.824 bits per heavy atom. The van der Waals surface area contributed by atoms with Gasteiger partial charge in [-0.1, -0.05) is 128 Å². The Balaban J connectivity index is 0.785. The largest absolute Gasteiger partial charge is 0.436 e. The van der Waals surface area contributed by atoms with Crippen LogP contribution in [0.25, 0.3) is 78.5 Å². The quantitative estimate of drug-likeness (QED) is 0.108. The van der Waals surface area contributed by atoms with Crippen molar-refractivity contribution in [2.45, 2.75) is 12.8 Å². The third kappa shape index (κ3) is 8.39. The molecule has 11 rings (SSSR count). The summed E-state index contributed by atoms with van der Waals surface area (Å²) in [6.45, 7) is 8.07. The van der Waals surface area contributed by atoms with Crippen molar-refractivity contribution in [3.8, 4) is 56.3 Å². The summed E-state index contributed by atoms with van der Waals surface area (Å²) in [4.78, 5) is 13.9. The number of fused-ring (bicyclic) bond motifs is 2. The number of nitrogens with zero attached hydrogens (tertiary/aromatic N) is 4. The zero-order valence-corrected chi connectivity index (χ0v) is 37.4. The highest BCUT2D eigenvalue weighted by molar-refractivity contribution is 5.81. The van der Waals surface area contributed by atoms with Gasteiger partial charge in [0, 0.05) is 45.3 Å². The number of hydrogen-bond acceptors (Lipinski definition) is 6. The van der Waals surface area contributed by atoms with E-state index < -0.39 is 0 Å². The molecule has 326 valence electrons. The van der Waals surface area contributed by atoms with E-state index in [1.54, 1.807) is 6.08 Å². The molecule has 0 bridgehead atoms. The van der Waals surface area contributed by atoms with Crippen LogP contribution in [-0.4, -0.2) is 9.97 Å². The van der Waals surface area contributed by atoms with Crippen LogP contribution in [0.15, 0.2) is 264 Å². The molecule has 0 unspecified atom stereocenters. The maximum Gasteiger partial charge on any atom is 0.227 e. The molecule has 10 aromatic rings. The van der Waals surface area contributed by atoms with Crippen molar-refractivity contribution in [2.24, 2.45) is 0 Å². The van der Waals surface area contributed by atoms with Crippen LogP contribution >= 0.6 is 0 Å². The molecule has 0 amide bonds. The minimum absolute atomic E-state index is 0.593. The molecular formula is C62H46N4O2. The fourth-order valence-electron chi connectivity index (χ4n) is 8.83. The third-order valence-corrected chi connectivity index (χ3v) is 12.3. The Labute approximate surface area is 396 Å². The van der Waals surface area contributed by atoms with Gasteiger partial charge >= 0.3 is 0 Å². The molecule has 0 radical (unpaired) electrons. The van der Waals surface area contributed by atoms with Crippen LogP contribution < -0.4 is 9.80 Å². The lowest BCUT2D eigenvalue weighted by molar-refractivity contribution is 0.619. The van der Waals surface area contributed by atoms with Gasteiger partial charge in [0.1, 0.15) is 11.0 Å². The molecule has 0 spiro atoms. The topological polar surface area (TPSA) is 58.5 Å². The van der Waals surface area contributed by atoms with E-state index in [1.165, 1.54) is 11.1 Å². The van der Waals surface area contributed by atoms with Gasteiger partial charge in [0.2, 0.25) is 11.8 Å². The van der Waals surface area contributed by atoms with Crippen molar-refractivity contribution in [3.05, 3.63) is 255 Å². The monoisotopic (exact) mass is 878 g/mol. The smallest absolute Gasteiger partial charge is 0.227 e. The fourth-order valence-corrected chi connectivity index (χ4v) is 8.83. The minimum Gasteiger partial charge on any atom is -0.436 e. The van der Waals surface area contributed by atoms with E-state index in [1.807, 2.05) is 72.8 Å². The number of anilines is 4. The number of para-hydroxylation sites is 4. The predicted octanol–water partition coefficient (Wildman–Crippen LogP) is 17.1. The molecule has 0 fully saturated rings. The normalized spacial score (nSPS) is 12.5. The molecule has 6 nitrogen and oxygen atoms in total. The third-order valence-electron chi connectivity index (χ3n) is 12.3. The first-order valence-electron chi connectivity index (χ1n) is 22.8. The zero-order valence-electron chi connectivity index (χ0n) is 37.4. The van der Waals surface area contributed by atoms with Gasteiger partial charge < -0.3 is 18.6 Å². The van der Waals surface area contributed by atoms with Crippen LogP contribution in [0.5, 0.6) is 0 Å². The van der Waals surface area contributed by atoms with Crippen LogP contribution in [0, 0.1) is 0 Å². The van der Waals surface area contributed by atoms with Gasteiger partial charge in [-0.2, -0.15) is 0 Å². The molecule has 0 atom stereocenters. The lowest BCUT2D eigenvalue weighted by Gasteiger charge is -2.28.